The fourth-order valence-electron chi connectivity index (χ4n) is 3.05. The molecule has 0 aromatic heterocycles. The van der Waals surface area contributed by atoms with E-state index in [1.54, 1.807) is 24.3 Å². The van der Waals surface area contributed by atoms with Crippen molar-refractivity contribution in [2.75, 3.05) is 0 Å². The van der Waals surface area contributed by atoms with E-state index in [2.05, 4.69) is 13.8 Å². The van der Waals surface area contributed by atoms with Crippen LogP contribution in [0.1, 0.15) is 97.8 Å². The summed E-state index contributed by atoms with van der Waals surface area (Å²) in [6.45, 7) is 6.23. The molecular formula is C24H38O4. The highest BCUT2D eigenvalue weighted by Crippen LogP contribution is 2.28. The molecule has 0 spiro atoms. The molecule has 0 amide bonds. The van der Waals surface area contributed by atoms with E-state index < -0.39 is 0 Å². The Kier molecular flexibility index (Phi) is 13.1. The molecule has 0 aliphatic carbocycles. The number of benzene rings is 1. The van der Waals surface area contributed by atoms with Crippen LogP contribution >= 0.6 is 0 Å². The van der Waals surface area contributed by atoms with Crippen molar-refractivity contribution in [1.29, 1.82) is 0 Å². The summed E-state index contributed by atoms with van der Waals surface area (Å²) in [5.41, 5.74) is 0. The van der Waals surface area contributed by atoms with Gasteiger partial charge in [0.05, 0.1) is 5.92 Å². The van der Waals surface area contributed by atoms with Gasteiger partial charge in [-0.2, -0.15) is 0 Å². The molecule has 28 heavy (non-hydrogen) atoms. The fourth-order valence-corrected chi connectivity index (χ4v) is 3.05. The Morgan fingerprint density at radius 1 is 0.786 bits per heavy atom. The van der Waals surface area contributed by atoms with Crippen LogP contribution in [0.25, 0.3) is 0 Å². The molecule has 158 valence electrons. The van der Waals surface area contributed by atoms with Gasteiger partial charge in [0.1, 0.15) is 0 Å². The molecule has 0 radical (unpaired) electrons. The van der Waals surface area contributed by atoms with Gasteiger partial charge in [0.25, 0.3) is 0 Å². The van der Waals surface area contributed by atoms with Crippen molar-refractivity contribution >= 4 is 11.9 Å². The molecule has 1 unspecified atom stereocenters. The molecule has 0 saturated heterocycles. The lowest BCUT2D eigenvalue weighted by Gasteiger charge is -2.13. The maximum Gasteiger partial charge on any atom is 0.314 e. The van der Waals surface area contributed by atoms with E-state index in [0.29, 0.717) is 17.9 Å². The van der Waals surface area contributed by atoms with E-state index in [1.165, 1.54) is 25.7 Å². The van der Waals surface area contributed by atoms with E-state index in [0.717, 1.165) is 44.9 Å². The zero-order valence-electron chi connectivity index (χ0n) is 18.0. The zero-order valence-corrected chi connectivity index (χ0v) is 18.0. The Labute approximate surface area is 171 Å². The number of ether oxygens (including phenoxy) is 2. The van der Waals surface area contributed by atoms with Gasteiger partial charge in [0.15, 0.2) is 11.5 Å². The van der Waals surface area contributed by atoms with Crippen LogP contribution < -0.4 is 9.47 Å². The van der Waals surface area contributed by atoms with Gasteiger partial charge in [-0.25, -0.2) is 0 Å². The number of carbonyl (C=O) groups is 2. The normalized spacial score (nSPS) is 11.8. The predicted molar refractivity (Wildman–Crippen MR) is 114 cm³/mol. The van der Waals surface area contributed by atoms with Gasteiger partial charge in [-0.15, -0.1) is 0 Å². The van der Waals surface area contributed by atoms with Crippen LogP contribution in [0.15, 0.2) is 24.3 Å². The van der Waals surface area contributed by atoms with Crippen molar-refractivity contribution in [3.05, 3.63) is 24.3 Å². The number of unbranched alkanes of at least 4 members (excludes halogenated alkanes) is 8. The highest BCUT2D eigenvalue weighted by molar-refractivity contribution is 5.77. The molecule has 1 rings (SSSR count). The molecule has 0 saturated carbocycles. The number of para-hydroxylation sites is 2. The topological polar surface area (TPSA) is 52.6 Å². The van der Waals surface area contributed by atoms with E-state index >= 15 is 0 Å². The molecule has 1 aromatic rings. The van der Waals surface area contributed by atoms with E-state index in [-0.39, 0.29) is 17.9 Å². The van der Waals surface area contributed by atoms with Gasteiger partial charge in [-0.3, -0.25) is 9.59 Å². The smallest absolute Gasteiger partial charge is 0.314 e. The molecular weight excluding hydrogens is 352 g/mol. The van der Waals surface area contributed by atoms with Crippen molar-refractivity contribution in [1.82, 2.24) is 0 Å². The standard InChI is InChI=1S/C24H38O4/c1-4-6-8-9-10-11-13-19-23(25)27-21-17-14-15-18-22(21)28-24(26)20(3)16-12-7-5-2/h14-15,17-18,20H,4-13,16,19H2,1-3H3. The van der Waals surface area contributed by atoms with Crippen LogP contribution in [0.2, 0.25) is 0 Å². The summed E-state index contributed by atoms with van der Waals surface area (Å²) < 4.78 is 11.0. The zero-order chi connectivity index (χ0) is 20.6. The minimum Gasteiger partial charge on any atom is -0.423 e. The van der Waals surface area contributed by atoms with Crippen molar-refractivity contribution in [3.8, 4) is 11.5 Å². The third-order valence-electron chi connectivity index (χ3n) is 4.91. The number of esters is 2. The second kappa shape index (κ2) is 15.1. The Morgan fingerprint density at radius 2 is 1.32 bits per heavy atom. The van der Waals surface area contributed by atoms with E-state index in [4.69, 9.17) is 9.47 Å². The largest absolute Gasteiger partial charge is 0.423 e. The Balaban J connectivity index is 2.41. The van der Waals surface area contributed by atoms with Crippen molar-refractivity contribution < 1.29 is 19.1 Å². The minimum absolute atomic E-state index is 0.164. The highest BCUT2D eigenvalue weighted by Gasteiger charge is 2.18. The lowest BCUT2D eigenvalue weighted by atomic mass is 10.0. The van der Waals surface area contributed by atoms with Gasteiger partial charge in [0.2, 0.25) is 0 Å². The van der Waals surface area contributed by atoms with Crippen molar-refractivity contribution in [2.24, 2.45) is 5.92 Å². The van der Waals surface area contributed by atoms with Crippen LogP contribution in [-0.4, -0.2) is 11.9 Å². The molecule has 4 nitrogen and oxygen atoms in total. The summed E-state index contributed by atoms with van der Waals surface area (Å²) in [5.74, 6) is -0.0601. The molecule has 0 aliphatic rings. The van der Waals surface area contributed by atoms with Crippen molar-refractivity contribution in [2.45, 2.75) is 97.8 Å². The third-order valence-corrected chi connectivity index (χ3v) is 4.91. The summed E-state index contributed by atoms with van der Waals surface area (Å²) in [6, 6.07) is 6.90. The highest BCUT2D eigenvalue weighted by atomic mass is 16.6. The molecule has 0 N–H and O–H groups in total. The Hall–Kier alpha value is -1.84. The van der Waals surface area contributed by atoms with Crippen LogP contribution in [0.5, 0.6) is 11.5 Å². The van der Waals surface area contributed by atoms with Crippen LogP contribution in [0.3, 0.4) is 0 Å². The van der Waals surface area contributed by atoms with Gasteiger partial charge in [0, 0.05) is 6.42 Å². The first-order valence-corrected chi connectivity index (χ1v) is 11.1. The monoisotopic (exact) mass is 390 g/mol. The molecule has 0 fully saturated rings. The molecule has 1 aromatic carbocycles. The minimum atomic E-state index is -0.272. The second-order valence-corrected chi connectivity index (χ2v) is 7.61. The van der Waals surface area contributed by atoms with Gasteiger partial charge < -0.3 is 9.47 Å². The maximum absolute atomic E-state index is 12.3. The lowest BCUT2D eigenvalue weighted by molar-refractivity contribution is -0.140. The summed E-state index contributed by atoms with van der Waals surface area (Å²) >= 11 is 0. The number of hydrogen-bond acceptors (Lipinski definition) is 4. The van der Waals surface area contributed by atoms with E-state index in [1.807, 2.05) is 6.92 Å². The van der Waals surface area contributed by atoms with Gasteiger partial charge in [-0.1, -0.05) is 90.7 Å². The molecule has 1 atom stereocenters. The van der Waals surface area contributed by atoms with Crippen LogP contribution in [0, 0.1) is 5.92 Å². The summed E-state index contributed by atoms with van der Waals surface area (Å²) in [6.07, 6.45) is 12.5. The molecule has 0 aliphatic heterocycles. The van der Waals surface area contributed by atoms with Crippen LogP contribution in [0.4, 0.5) is 0 Å². The summed E-state index contributed by atoms with van der Waals surface area (Å²) in [4.78, 5) is 24.4. The average molecular weight is 391 g/mol. The number of rotatable bonds is 15. The molecule has 0 bridgehead atoms. The van der Waals surface area contributed by atoms with Gasteiger partial charge >= 0.3 is 11.9 Å². The first-order chi connectivity index (χ1) is 13.6. The predicted octanol–water partition coefficient (Wildman–Crippen LogP) is 6.85. The maximum atomic E-state index is 12.3. The third kappa shape index (κ3) is 10.5. The number of hydrogen-bond donors (Lipinski definition) is 0. The summed E-state index contributed by atoms with van der Waals surface area (Å²) in [5, 5.41) is 0. The first-order valence-electron chi connectivity index (χ1n) is 11.1. The number of carbonyl (C=O) groups excluding carboxylic acids is 2. The molecule has 0 heterocycles. The second-order valence-electron chi connectivity index (χ2n) is 7.61. The van der Waals surface area contributed by atoms with Crippen LogP contribution in [-0.2, 0) is 9.59 Å². The van der Waals surface area contributed by atoms with Crippen molar-refractivity contribution in [3.63, 3.8) is 0 Å². The quantitative estimate of drug-likeness (QED) is 0.187. The lowest BCUT2D eigenvalue weighted by Crippen LogP contribution is -2.18. The van der Waals surface area contributed by atoms with Gasteiger partial charge in [-0.05, 0) is 25.0 Å². The Morgan fingerprint density at radius 3 is 1.96 bits per heavy atom. The first kappa shape index (κ1) is 24.2. The Bertz CT molecular complexity index is 567. The SMILES string of the molecule is CCCCCCCCCC(=O)Oc1ccccc1OC(=O)C(C)CCCCC. The molecule has 4 heteroatoms. The fraction of sp³-hybridized carbons (Fsp3) is 0.667. The van der Waals surface area contributed by atoms with E-state index in [9.17, 15) is 9.59 Å². The summed E-state index contributed by atoms with van der Waals surface area (Å²) in [7, 11) is 0. The average Bonchev–Trinajstić information content (AvgIpc) is 2.68.